The fourth-order valence-electron chi connectivity index (χ4n) is 2.71. The van der Waals surface area contributed by atoms with Gasteiger partial charge >= 0.3 is 5.97 Å². The Morgan fingerprint density at radius 1 is 1.47 bits per heavy atom. The van der Waals surface area contributed by atoms with Crippen molar-refractivity contribution in [3.05, 3.63) is 17.5 Å². The van der Waals surface area contributed by atoms with Crippen LogP contribution in [-0.2, 0) is 23.2 Å². The summed E-state index contributed by atoms with van der Waals surface area (Å²) >= 11 is 0. The number of hydrogen-bond acceptors (Lipinski definition) is 3. The topological polar surface area (TPSA) is 84.2 Å². The fraction of sp³-hybridized carbons (Fsp3) is 0.615. The van der Waals surface area contributed by atoms with Crippen LogP contribution in [0.1, 0.15) is 30.5 Å². The molecule has 1 aliphatic carbocycles. The number of carbonyl (C=O) groups is 2. The van der Waals surface area contributed by atoms with E-state index in [2.05, 4.69) is 10.4 Å². The first-order valence-electron chi connectivity index (χ1n) is 6.48. The third kappa shape index (κ3) is 2.94. The monoisotopic (exact) mass is 265 g/mol. The minimum atomic E-state index is -0.866. The lowest BCUT2D eigenvalue weighted by molar-refractivity contribution is -0.146. The van der Waals surface area contributed by atoms with Crippen LogP contribution < -0.4 is 5.32 Å². The van der Waals surface area contributed by atoms with Gasteiger partial charge in [-0.05, 0) is 19.8 Å². The number of amides is 1. The molecule has 19 heavy (non-hydrogen) atoms. The zero-order chi connectivity index (χ0) is 14.0. The molecule has 1 fully saturated rings. The van der Waals surface area contributed by atoms with E-state index in [1.165, 1.54) is 0 Å². The molecule has 2 unspecified atom stereocenters. The number of nitrogens with zero attached hydrogens (tertiary/aromatic N) is 2. The molecule has 104 valence electrons. The van der Waals surface area contributed by atoms with Gasteiger partial charge in [0.15, 0.2) is 0 Å². The first-order chi connectivity index (χ1) is 8.99. The van der Waals surface area contributed by atoms with Crippen LogP contribution in [0.15, 0.2) is 6.20 Å². The summed E-state index contributed by atoms with van der Waals surface area (Å²) < 4.78 is 1.70. The van der Waals surface area contributed by atoms with Gasteiger partial charge in [0.1, 0.15) is 0 Å². The zero-order valence-corrected chi connectivity index (χ0v) is 11.2. The highest BCUT2D eigenvalue weighted by Crippen LogP contribution is 2.32. The third-order valence-electron chi connectivity index (χ3n) is 3.74. The Balaban J connectivity index is 1.94. The smallest absolute Gasteiger partial charge is 0.307 e. The lowest BCUT2D eigenvalue weighted by Gasteiger charge is -2.15. The van der Waals surface area contributed by atoms with Crippen molar-refractivity contribution in [2.45, 2.75) is 32.7 Å². The quantitative estimate of drug-likeness (QED) is 0.845. The zero-order valence-electron chi connectivity index (χ0n) is 11.2. The molecule has 1 aromatic rings. The van der Waals surface area contributed by atoms with Gasteiger partial charge in [0, 0.05) is 25.4 Å². The standard InChI is InChI=1S/C13H19N3O3/c1-8-9(7-16(2)15-8)6-14-12(17)10-4-3-5-11(10)13(18)19/h7,10-11H,3-6H2,1-2H3,(H,14,17)(H,18,19). The number of carboxylic acids is 1. The van der Waals surface area contributed by atoms with Crippen molar-refractivity contribution in [2.75, 3.05) is 0 Å². The van der Waals surface area contributed by atoms with Crippen molar-refractivity contribution in [1.82, 2.24) is 15.1 Å². The molecular formula is C13H19N3O3. The van der Waals surface area contributed by atoms with E-state index in [-0.39, 0.29) is 5.91 Å². The van der Waals surface area contributed by atoms with Gasteiger partial charge in [-0.3, -0.25) is 14.3 Å². The van der Waals surface area contributed by atoms with Crippen LogP contribution in [0.4, 0.5) is 0 Å². The normalized spacial score (nSPS) is 22.4. The second kappa shape index (κ2) is 5.42. The van der Waals surface area contributed by atoms with Crippen molar-refractivity contribution in [2.24, 2.45) is 18.9 Å². The first kappa shape index (κ1) is 13.6. The first-order valence-corrected chi connectivity index (χ1v) is 6.48. The number of aromatic nitrogens is 2. The van der Waals surface area contributed by atoms with E-state index in [4.69, 9.17) is 5.11 Å². The molecule has 0 bridgehead atoms. The summed E-state index contributed by atoms with van der Waals surface area (Å²) in [5.41, 5.74) is 1.84. The van der Waals surface area contributed by atoms with Crippen molar-refractivity contribution >= 4 is 11.9 Å². The number of rotatable bonds is 4. The Kier molecular flexibility index (Phi) is 3.87. The van der Waals surface area contributed by atoms with Gasteiger partial charge < -0.3 is 10.4 Å². The third-order valence-corrected chi connectivity index (χ3v) is 3.74. The Morgan fingerprint density at radius 3 is 2.74 bits per heavy atom. The molecule has 0 aromatic carbocycles. The summed E-state index contributed by atoms with van der Waals surface area (Å²) in [6, 6.07) is 0. The molecule has 0 aliphatic heterocycles. The summed E-state index contributed by atoms with van der Waals surface area (Å²) in [6.07, 6.45) is 3.92. The molecular weight excluding hydrogens is 246 g/mol. The number of aliphatic carboxylic acids is 1. The van der Waals surface area contributed by atoms with Crippen molar-refractivity contribution in [3.8, 4) is 0 Å². The van der Waals surface area contributed by atoms with Crippen molar-refractivity contribution in [1.29, 1.82) is 0 Å². The molecule has 1 aromatic heterocycles. The predicted molar refractivity (Wildman–Crippen MR) is 68.3 cm³/mol. The fourth-order valence-corrected chi connectivity index (χ4v) is 2.71. The van der Waals surface area contributed by atoms with Crippen LogP contribution in [0, 0.1) is 18.8 Å². The van der Waals surface area contributed by atoms with E-state index < -0.39 is 17.8 Å². The Labute approximate surface area is 111 Å². The summed E-state index contributed by atoms with van der Waals surface area (Å²) in [4.78, 5) is 23.1. The van der Waals surface area contributed by atoms with Gasteiger partial charge in [0.05, 0.1) is 17.5 Å². The lowest BCUT2D eigenvalue weighted by atomic mass is 9.95. The molecule has 6 heteroatoms. The van der Waals surface area contributed by atoms with E-state index >= 15 is 0 Å². The maximum atomic E-state index is 12.0. The highest BCUT2D eigenvalue weighted by atomic mass is 16.4. The molecule has 1 amide bonds. The Morgan fingerprint density at radius 2 is 2.16 bits per heavy atom. The largest absolute Gasteiger partial charge is 0.481 e. The number of carboxylic acid groups (broad SMARTS) is 1. The number of hydrogen-bond donors (Lipinski definition) is 2. The van der Waals surface area contributed by atoms with E-state index in [9.17, 15) is 9.59 Å². The molecule has 1 heterocycles. The maximum absolute atomic E-state index is 12.0. The van der Waals surface area contributed by atoms with Crippen LogP contribution in [0.2, 0.25) is 0 Å². The second-order valence-corrected chi connectivity index (χ2v) is 5.11. The minimum absolute atomic E-state index is 0.159. The van der Waals surface area contributed by atoms with E-state index in [0.717, 1.165) is 17.7 Å². The average molecular weight is 265 g/mol. The number of aryl methyl sites for hydroxylation is 2. The summed E-state index contributed by atoms with van der Waals surface area (Å²) in [6.45, 7) is 2.29. The van der Waals surface area contributed by atoms with Crippen LogP contribution in [0.3, 0.4) is 0 Å². The molecule has 0 saturated heterocycles. The molecule has 1 aliphatic rings. The Hall–Kier alpha value is -1.85. The van der Waals surface area contributed by atoms with Crippen LogP contribution in [0.25, 0.3) is 0 Å². The van der Waals surface area contributed by atoms with Crippen molar-refractivity contribution < 1.29 is 14.7 Å². The summed E-state index contributed by atoms with van der Waals surface area (Å²) in [7, 11) is 1.83. The van der Waals surface area contributed by atoms with E-state index in [1.54, 1.807) is 4.68 Å². The van der Waals surface area contributed by atoms with Crippen molar-refractivity contribution in [3.63, 3.8) is 0 Å². The van der Waals surface area contributed by atoms with Crippen LogP contribution >= 0.6 is 0 Å². The number of nitrogens with one attached hydrogen (secondary N) is 1. The van der Waals surface area contributed by atoms with Gasteiger partial charge in [0.25, 0.3) is 0 Å². The van der Waals surface area contributed by atoms with Gasteiger partial charge in [-0.1, -0.05) is 6.42 Å². The Bertz CT molecular complexity index is 495. The van der Waals surface area contributed by atoms with E-state index in [1.807, 2.05) is 20.2 Å². The number of carbonyl (C=O) groups excluding carboxylic acids is 1. The maximum Gasteiger partial charge on any atom is 0.307 e. The van der Waals surface area contributed by atoms with Crippen LogP contribution in [-0.4, -0.2) is 26.8 Å². The molecule has 6 nitrogen and oxygen atoms in total. The summed E-state index contributed by atoms with van der Waals surface area (Å²) in [5, 5.41) is 16.1. The van der Waals surface area contributed by atoms with Gasteiger partial charge in [-0.25, -0.2) is 0 Å². The molecule has 0 radical (unpaired) electrons. The molecule has 2 N–H and O–H groups in total. The van der Waals surface area contributed by atoms with E-state index in [0.29, 0.717) is 19.4 Å². The van der Waals surface area contributed by atoms with Gasteiger partial charge in [-0.2, -0.15) is 5.10 Å². The molecule has 0 spiro atoms. The SMILES string of the molecule is Cc1nn(C)cc1CNC(=O)C1CCCC1C(=O)O. The van der Waals surface area contributed by atoms with Gasteiger partial charge in [-0.15, -0.1) is 0 Å². The average Bonchev–Trinajstić information content (AvgIpc) is 2.93. The van der Waals surface area contributed by atoms with Crippen LogP contribution in [0.5, 0.6) is 0 Å². The molecule has 2 atom stereocenters. The molecule has 2 rings (SSSR count). The second-order valence-electron chi connectivity index (χ2n) is 5.11. The highest BCUT2D eigenvalue weighted by molar-refractivity contribution is 5.85. The highest BCUT2D eigenvalue weighted by Gasteiger charge is 2.37. The van der Waals surface area contributed by atoms with Gasteiger partial charge in [0.2, 0.25) is 5.91 Å². The lowest BCUT2D eigenvalue weighted by Crippen LogP contribution is -2.34. The summed E-state index contributed by atoms with van der Waals surface area (Å²) in [5.74, 6) is -1.95. The minimum Gasteiger partial charge on any atom is -0.481 e. The molecule has 1 saturated carbocycles. The predicted octanol–water partition coefficient (Wildman–Crippen LogP) is 0.846.